The number of aromatic amines is 1. The summed E-state index contributed by atoms with van der Waals surface area (Å²) in [4.78, 5) is 7.03. The van der Waals surface area contributed by atoms with Crippen molar-refractivity contribution in [3.8, 4) is 0 Å². The van der Waals surface area contributed by atoms with Crippen molar-refractivity contribution in [3.05, 3.63) is 12.0 Å². The van der Waals surface area contributed by atoms with Crippen LogP contribution in [0.5, 0.6) is 0 Å². The molecule has 2 atom stereocenters. The Labute approximate surface area is 75.0 Å². The molecule has 0 bridgehead atoms. The van der Waals surface area contributed by atoms with Gasteiger partial charge in [0.1, 0.15) is 5.50 Å². The van der Waals surface area contributed by atoms with E-state index in [1.165, 1.54) is 0 Å². The summed E-state index contributed by atoms with van der Waals surface area (Å²) in [5, 5.41) is 6.08. The molecule has 1 aliphatic rings. The van der Waals surface area contributed by atoms with E-state index >= 15 is 0 Å². The molecular weight excluding hydrogens is 180 g/mol. The second-order valence-electron chi connectivity index (χ2n) is 2.28. The quantitative estimate of drug-likeness (QED) is 0.387. The van der Waals surface area contributed by atoms with E-state index in [1.54, 1.807) is 6.33 Å². The van der Waals surface area contributed by atoms with Gasteiger partial charge in [0.05, 0.1) is 17.4 Å². The van der Waals surface area contributed by atoms with E-state index in [4.69, 9.17) is 0 Å². The van der Waals surface area contributed by atoms with E-state index < -0.39 is 0 Å². The van der Waals surface area contributed by atoms with Gasteiger partial charge in [-0.15, -0.1) is 12.6 Å². The summed E-state index contributed by atoms with van der Waals surface area (Å²) in [7, 11) is 0. The molecule has 60 valence electrons. The van der Waals surface area contributed by atoms with Gasteiger partial charge in [-0.25, -0.2) is 4.98 Å². The van der Waals surface area contributed by atoms with Gasteiger partial charge >= 0.3 is 0 Å². The Hall–Kier alpha value is -0.330. The van der Waals surface area contributed by atoms with Crippen LogP contribution >= 0.6 is 25.3 Å². The van der Waals surface area contributed by atoms with E-state index in [1.807, 2.05) is 0 Å². The van der Waals surface area contributed by atoms with Crippen molar-refractivity contribution in [1.82, 2.24) is 15.3 Å². The summed E-state index contributed by atoms with van der Waals surface area (Å²) in [5.74, 6) is 0.823. The average Bonchev–Trinajstić information content (AvgIpc) is 2.34. The summed E-state index contributed by atoms with van der Waals surface area (Å²) in [5.41, 5.74) is 0.881. The lowest BCUT2D eigenvalue weighted by Crippen LogP contribution is -2.37. The molecule has 1 aromatic rings. The highest BCUT2D eigenvalue weighted by Crippen LogP contribution is 2.27. The number of thiol groups is 2. The van der Waals surface area contributed by atoms with Gasteiger partial charge in [-0.05, 0) is 0 Å². The molecule has 0 aromatic carbocycles. The van der Waals surface area contributed by atoms with Gasteiger partial charge in [-0.1, -0.05) is 0 Å². The lowest BCUT2D eigenvalue weighted by molar-refractivity contribution is 0.651. The standard InChI is InChI=1S/C5H8N4S2/c10-4-2-3(7-1-6-2)8-5(11)9-4/h1,4-5,8-11H,(H,6,7). The highest BCUT2D eigenvalue weighted by atomic mass is 32.1. The predicted octanol–water partition coefficient (Wildman–Crippen LogP) is 0.567. The maximum Gasteiger partial charge on any atom is 0.151 e. The number of hydrogen-bond acceptors (Lipinski definition) is 5. The fraction of sp³-hybridized carbons (Fsp3) is 0.400. The maximum atomic E-state index is 4.29. The number of H-pyrrole nitrogens is 1. The van der Waals surface area contributed by atoms with Crippen molar-refractivity contribution in [2.45, 2.75) is 10.9 Å². The van der Waals surface area contributed by atoms with Crippen LogP contribution in [-0.4, -0.2) is 15.5 Å². The second kappa shape index (κ2) is 2.62. The van der Waals surface area contributed by atoms with Gasteiger partial charge < -0.3 is 10.3 Å². The lowest BCUT2D eigenvalue weighted by atomic mass is 10.4. The normalized spacial score (nSPS) is 29.3. The van der Waals surface area contributed by atoms with E-state index in [0.717, 1.165) is 11.5 Å². The Morgan fingerprint density at radius 1 is 1.45 bits per heavy atom. The Kier molecular flexibility index (Phi) is 1.74. The van der Waals surface area contributed by atoms with Crippen LogP contribution in [0.4, 0.5) is 5.82 Å². The number of nitrogens with one attached hydrogen (secondary N) is 3. The molecule has 2 heterocycles. The van der Waals surface area contributed by atoms with Crippen molar-refractivity contribution in [2.24, 2.45) is 0 Å². The zero-order valence-corrected chi connectivity index (χ0v) is 7.36. The van der Waals surface area contributed by atoms with Gasteiger partial charge in [-0.2, -0.15) is 12.6 Å². The van der Waals surface area contributed by atoms with Crippen molar-refractivity contribution in [1.29, 1.82) is 0 Å². The Bertz CT molecular complexity index is 261. The largest absolute Gasteiger partial charge is 0.345 e. The molecule has 0 fully saturated rings. The SMILES string of the molecule is SC1Nc2nc[nH]c2C(S)N1. The zero-order chi connectivity index (χ0) is 7.84. The van der Waals surface area contributed by atoms with Crippen LogP contribution in [0.3, 0.4) is 0 Å². The highest BCUT2D eigenvalue weighted by Gasteiger charge is 2.22. The van der Waals surface area contributed by atoms with E-state index in [-0.39, 0.29) is 10.9 Å². The molecule has 4 nitrogen and oxygen atoms in total. The van der Waals surface area contributed by atoms with Crippen LogP contribution in [0.25, 0.3) is 0 Å². The fourth-order valence-corrected chi connectivity index (χ4v) is 1.77. The number of nitrogens with zero attached hydrogens (tertiary/aromatic N) is 1. The molecule has 0 aliphatic carbocycles. The third-order valence-electron chi connectivity index (χ3n) is 1.53. The fourth-order valence-electron chi connectivity index (χ4n) is 1.03. The van der Waals surface area contributed by atoms with Crippen LogP contribution < -0.4 is 10.6 Å². The summed E-state index contributed by atoms with van der Waals surface area (Å²) >= 11 is 8.49. The number of rotatable bonds is 0. The third-order valence-corrected chi connectivity index (χ3v) is 2.22. The van der Waals surface area contributed by atoms with Gasteiger partial charge in [0, 0.05) is 0 Å². The Morgan fingerprint density at radius 3 is 3.09 bits per heavy atom. The van der Waals surface area contributed by atoms with E-state index in [9.17, 15) is 0 Å². The highest BCUT2D eigenvalue weighted by molar-refractivity contribution is 7.81. The van der Waals surface area contributed by atoms with Crippen LogP contribution in [-0.2, 0) is 0 Å². The topological polar surface area (TPSA) is 52.7 Å². The minimum atomic E-state index is -0.0756. The molecule has 0 radical (unpaired) electrons. The Balaban J connectivity index is 2.36. The van der Waals surface area contributed by atoms with Gasteiger partial charge in [-0.3, -0.25) is 5.32 Å². The first-order valence-electron chi connectivity index (χ1n) is 3.19. The number of aromatic nitrogens is 2. The smallest absolute Gasteiger partial charge is 0.151 e. The van der Waals surface area contributed by atoms with Crippen LogP contribution in [0.15, 0.2) is 6.33 Å². The lowest BCUT2D eigenvalue weighted by Gasteiger charge is -2.25. The summed E-state index contributed by atoms with van der Waals surface area (Å²) in [6, 6.07) is 0. The molecule has 0 saturated carbocycles. The van der Waals surface area contributed by atoms with Crippen LogP contribution in [0.1, 0.15) is 11.1 Å². The molecule has 0 amide bonds. The van der Waals surface area contributed by atoms with Crippen LogP contribution in [0, 0.1) is 0 Å². The molecule has 1 aliphatic heterocycles. The predicted molar refractivity (Wildman–Crippen MR) is 49.8 cm³/mol. The number of fused-ring (bicyclic) bond motifs is 1. The number of hydrogen-bond donors (Lipinski definition) is 5. The summed E-state index contributed by atoms with van der Waals surface area (Å²) < 4.78 is 0. The molecule has 0 saturated heterocycles. The van der Waals surface area contributed by atoms with Crippen molar-refractivity contribution in [3.63, 3.8) is 0 Å². The zero-order valence-electron chi connectivity index (χ0n) is 5.57. The molecule has 0 spiro atoms. The third kappa shape index (κ3) is 1.21. The van der Waals surface area contributed by atoms with Crippen molar-refractivity contribution in [2.75, 3.05) is 5.32 Å². The minimum absolute atomic E-state index is 0.0174. The maximum absolute atomic E-state index is 4.29. The first kappa shape index (κ1) is 7.33. The summed E-state index contributed by atoms with van der Waals surface area (Å²) in [6.07, 6.45) is 1.63. The minimum Gasteiger partial charge on any atom is -0.345 e. The van der Waals surface area contributed by atoms with E-state index in [2.05, 4.69) is 45.9 Å². The molecule has 6 heteroatoms. The van der Waals surface area contributed by atoms with Gasteiger partial charge in [0.2, 0.25) is 0 Å². The molecular formula is C5H8N4S2. The van der Waals surface area contributed by atoms with Gasteiger partial charge in [0.25, 0.3) is 0 Å². The summed E-state index contributed by atoms with van der Waals surface area (Å²) in [6.45, 7) is 0. The van der Waals surface area contributed by atoms with Gasteiger partial charge in [0.15, 0.2) is 5.82 Å². The van der Waals surface area contributed by atoms with Crippen molar-refractivity contribution < 1.29 is 0 Å². The second-order valence-corrected chi connectivity index (χ2v) is 3.31. The number of anilines is 1. The monoisotopic (exact) mass is 188 g/mol. The van der Waals surface area contributed by atoms with Crippen LogP contribution in [0.2, 0.25) is 0 Å². The molecule has 2 rings (SSSR count). The molecule has 2 unspecified atom stereocenters. The molecule has 3 N–H and O–H groups in total. The number of imidazole rings is 1. The first-order valence-corrected chi connectivity index (χ1v) is 4.22. The molecule has 11 heavy (non-hydrogen) atoms. The average molecular weight is 188 g/mol. The first-order chi connectivity index (χ1) is 5.27. The Morgan fingerprint density at radius 2 is 2.27 bits per heavy atom. The van der Waals surface area contributed by atoms with Crippen molar-refractivity contribution >= 4 is 31.1 Å². The molecule has 1 aromatic heterocycles. The van der Waals surface area contributed by atoms with E-state index in [0.29, 0.717) is 0 Å².